The Kier molecular flexibility index (Phi) is 4.97. The third-order valence-electron chi connectivity index (χ3n) is 2.49. The number of halogens is 1. The summed E-state index contributed by atoms with van der Waals surface area (Å²) >= 11 is 5.94. The zero-order valence-corrected chi connectivity index (χ0v) is 10.5. The van der Waals surface area contributed by atoms with Crippen LogP contribution in [0.25, 0.3) is 0 Å². The maximum atomic E-state index is 11.0. The van der Waals surface area contributed by atoms with Crippen LogP contribution in [0, 0.1) is 5.92 Å². The Bertz CT molecular complexity index is 458. The minimum Gasteiger partial charge on any atom is -0.497 e. The number of carbonyl (C=O) groups is 2. The summed E-state index contributed by atoms with van der Waals surface area (Å²) in [5.41, 5.74) is 0.560. The van der Waals surface area contributed by atoms with Crippen molar-refractivity contribution in [2.24, 2.45) is 5.92 Å². The zero-order valence-electron chi connectivity index (χ0n) is 9.72. The second kappa shape index (κ2) is 6.26. The molecule has 1 aromatic carbocycles. The van der Waals surface area contributed by atoms with Crippen LogP contribution in [0.1, 0.15) is 12.0 Å². The smallest absolute Gasteiger partial charge is 0.307 e. The van der Waals surface area contributed by atoms with Crippen LogP contribution in [0.15, 0.2) is 18.2 Å². The molecule has 0 aliphatic rings. The van der Waals surface area contributed by atoms with E-state index in [4.69, 9.17) is 26.6 Å². The van der Waals surface area contributed by atoms with Crippen molar-refractivity contribution in [1.29, 1.82) is 0 Å². The lowest BCUT2D eigenvalue weighted by Crippen LogP contribution is -2.20. The van der Waals surface area contributed by atoms with Crippen LogP contribution in [0.4, 0.5) is 0 Å². The molecule has 0 radical (unpaired) electrons. The van der Waals surface area contributed by atoms with Crippen molar-refractivity contribution in [3.05, 3.63) is 28.8 Å². The molecule has 0 saturated heterocycles. The van der Waals surface area contributed by atoms with Gasteiger partial charge in [0.1, 0.15) is 5.75 Å². The van der Waals surface area contributed by atoms with Gasteiger partial charge in [-0.15, -0.1) is 0 Å². The van der Waals surface area contributed by atoms with E-state index >= 15 is 0 Å². The molecule has 0 unspecified atom stereocenters. The van der Waals surface area contributed by atoms with E-state index in [1.807, 2.05) is 0 Å². The van der Waals surface area contributed by atoms with Crippen molar-refractivity contribution in [1.82, 2.24) is 0 Å². The Morgan fingerprint density at radius 2 is 2.06 bits per heavy atom. The van der Waals surface area contributed by atoms with Gasteiger partial charge in [-0.2, -0.15) is 0 Å². The molecule has 1 atom stereocenters. The number of methoxy groups -OCH3 is 1. The van der Waals surface area contributed by atoms with E-state index in [1.54, 1.807) is 18.2 Å². The molecular formula is C12H13ClO5. The van der Waals surface area contributed by atoms with Gasteiger partial charge in [0.2, 0.25) is 0 Å². The summed E-state index contributed by atoms with van der Waals surface area (Å²) in [6.45, 7) is 0. The standard InChI is InChI=1S/C12H13ClO5/c1-18-9-2-3-10(13)7(5-9)4-8(12(16)17)6-11(14)15/h2-3,5,8H,4,6H2,1H3,(H,14,15)(H,16,17)/t8-/m0/s1. The fourth-order valence-electron chi connectivity index (χ4n) is 1.56. The highest BCUT2D eigenvalue weighted by Gasteiger charge is 2.22. The van der Waals surface area contributed by atoms with E-state index in [9.17, 15) is 9.59 Å². The Labute approximate surface area is 109 Å². The van der Waals surface area contributed by atoms with E-state index in [0.717, 1.165) is 0 Å². The third-order valence-corrected chi connectivity index (χ3v) is 2.86. The minimum atomic E-state index is -1.16. The summed E-state index contributed by atoms with van der Waals surface area (Å²) in [4.78, 5) is 21.6. The number of hydrogen-bond donors (Lipinski definition) is 2. The van der Waals surface area contributed by atoms with Gasteiger partial charge in [-0.3, -0.25) is 9.59 Å². The topological polar surface area (TPSA) is 83.8 Å². The third kappa shape index (κ3) is 3.92. The molecule has 0 fully saturated rings. The van der Waals surface area contributed by atoms with Crippen molar-refractivity contribution in [3.63, 3.8) is 0 Å². The lowest BCUT2D eigenvalue weighted by atomic mass is 9.96. The lowest BCUT2D eigenvalue weighted by molar-refractivity contribution is -0.148. The molecular weight excluding hydrogens is 260 g/mol. The maximum Gasteiger partial charge on any atom is 0.307 e. The van der Waals surface area contributed by atoms with Crippen LogP contribution in [0.3, 0.4) is 0 Å². The number of carboxylic acids is 2. The van der Waals surface area contributed by atoms with Crippen LogP contribution in [-0.2, 0) is 16.0 Å². The molecule has 0 amide bonds. The molecule has 0 aliphatic heterocycles. The molecule has 0 aliphatic carbocycles. The van der Waals surface area contributed by atoms with Gasteiger partial charge in [-0.05, 0) is 30.2 Å². The van der Waals surface area contributed by atoms with Crippen LogP contribution in [-0.4, -0.2) is 29.3 Å². The van der Waals surface area contributed by atoms with Crippen LogP contribution >= 0.6 is 11.6 Å². The second-order valence-electron chi connectivity index (χ2n) is 3.79. The average molecular weight is 273 g/mol. The lowest BCUT2D eigenvalue weighted by Gasteiger charge is -2.12. The quantitative estimate of drug-likeness (QED) is 0.828. The Morgan fingerprint density at radius 3 is 2.56 bits per heavy atom. The molecule has 0 aromatic heterocycles. The number of aliphatic carboxylic acids is 2. The molecule has 2 N–H and O–H groups in total. The first-order valence-corrected chi connectivity index (χ1v) is 5.59. The van der Waals surface area contributed by atoms with Gasteiger partial charge < -0.3 is 14.9 Å². The van der Waals surface area contributed by atoms with Crippen molar-refractivity contribution in [2.45, 2.75) is 12.8 Å². The molecule has 1 aromatic rings. The predicted octanol–water partition coefficient (Wildman–Crippen LogP) is 2.07. The van der Waals surface area contributed by atoms with Gasteiger partial charge in [0, 0.05) is 5.02 Å². The Morgan fingerprint density at radius 1 is 1.39 bits per heavy atom. The van der Waals surface area contributed by atoms with Crippen LogP contribution in [0.5, 0.6) is 5.75 Å². The van der Waals surface area contributed by atoms with E-state index < -0.39 is 24.3 Å². The summed E-state index contributed by atoms with van der Waals surface area (Å²) < 4.78 is 5.01. The predicted molar refractivity (Wildman–Crippen MR) is 65.1 cm³/mol. The highest BCUT2D eigenvalue weighted by molar-refractivity contribution is 6.31. The summed E-state index contributed by atoms with van der Waals surface area (Å²) in [6, 6.07) is 4.86. The molecule has 18 heavy (non-hydrogen) atoms. The van der Waals surface area contributed by atoms with E-state index in [1.165, 1.54) is 7.11 Å². The van der Waals surface area contributed by atoms with Gasteiger partial charge in [-0.25, -0.2) is 0 Å². The molecule has 0 spiro atoms. The number of hydrogen-bond acceptors (Lipinski definition) is 3. The van der Waals surface area contributed by atoms with Crippen molar-refractivity contribution >= 4 is 23.5 Å². The zero-order chi connectivity index (χ0) is 13.7. The average Bonchev–Trinajstić information content (AvgIpc) is 2.30. The Hall–Kier alpha value is -1.75. The van der Waals surface area contributed by atoms with Crippen molar-refractivity contribution < 1.29 is 24.5 Å². The first-order valence-electron chi connectivity index (χ1n) is 5.21. The fourth-order valence-corrected chi connectivity index (χ4v) is 1.75. The minimum absolute atomic E-state index is 0.0532. The number of rotatable bonds is 6. The van der Waals surface area contributed by atoms with Crippen LogP contribution < -0.4 is 4.74 Å². The van der Waals surface area contributed by atoms with Gasteiger partial charge in [-0.1, -0.05) is 11.6 Å². The summed E-state index contributed by atoms with van der Waals surface area (Å²) in [5.74, 6) is -2.77. The SMILES string of the molecule is COc1ccc(Cl)c(C[C@@H](CC(=O)O)C(=O)O)c1. The van der Waals surface area contributed by atoms with Gasteiger partial charge >= 0.3 is 11.9 Å². The fraction of sp³-hybridized carbons (Fsp3) is 0.333. The highest BCUT2D eigenvalue weighted by atomic mass is 35.5. The van der Waals surface area contributed by atoms with E-state index in [2.05, 4.69) is 0 Å². The van der Waals surface area contributed by atoms with Crippen molar-refractivity contribution in [2.75, 3.05) is 7.11 Å². The summed E-state index contributed by atoms with van der Waals surface area (Å²) in [5, 5.41) is 18.0. The molecule has 0 bridgehead atoms. The first-order chi connectivity index (χ1) is 8.43. The summed E-state index contributed by atoms with van der Waals surface area (Å²) in [6.07, 6.45) is -0.388. The van der Waals surface area contributed by atoms with Gasteiger partial charge in [0.05, 0.1) is 19.4 Å². The number of benzene rings is 1. The second-order valence-corrected chi connectivity index (χ2v) is 4.20. The van der Waals surface area contributed by atoms with Gasteiger partial charge in [0.15, 0.2) is 0 Å². The number of carboxylic acid groups (broad SMARTS) is 2. The maximum absolute atomic E-state index is 11.0. The molecule has 98 valence electrons. The Balaban J connectivity index is 2.92. The number of ether oxygens (including phenoxy) is 1. The molecule has 1 rings (SSSR count). The monoisotopic (exact) mass is 272 g/mol. The highest BCUT2D eigenvalue weighted by Crippen LogP contribution is 2.25. The van der Waals surface area contributed by atoms with Crippen molar-refractivity contribution in [3.8, 4) is 5.75 Å². The first kappa shape index (κ1) is 14.3. The molecule has 5 nitrogen and oxygen atoms in total. The van der Waals surface area contributed by atoms with E-state index in [0.29, 0.717) is 16.3 Å². The molecule has 6 heteroatoms. The molecule has 0 saturated carbocycles. The normalized spacial score (nSPS) is 11.9. The summed E-state index contributed by atoms with van der Waals surface area (Å²) in [7, 11) is 1.49. The van der Waals surface area contributed by atoms with E-state index in [-0.39, 0.29) is 6.42 Å². The largest absolute Gasteiger partial charge is 0.497 e. The molecule has 0 heterocycles. The van der Waals surface area contributed by atoms with Gasteiger partial charge in [0.25, 0.3) is 0 Å². The van der Waals surface area contributed by atoms with Crippen LogP contribution in [0.2, 0.25) is 5.02 Å².